The average molecular weight is 196 g/mol. The SMILES string of the molecule is CC.Cc1csc2cc(F)ccc12. The Balaban J connectivity index is 0.000000396. The van der Waals surface area contributed by atoms with Crippen LogP contribution in [0.5, 0.6) is 0 Å². The molecule has 2 heteroatoms. The molecule has 70 valence electrons. The Morgan fingerprint density at radius 2 is 1.92 bits per heavy atom. The molecule has 0 aliphatic carbocycles. The number of benzene rings is 1. The van der Waals surface area contributed by atoms with E-state index in [1.54, 1.807) is 17.4 Å². The fourth-order valence-corrected chi connectivity index (χ4v) is 2.10. The molecule has 1 aromatic carbocycles. The minimum Gasteiger partial charge on any atom is -0.207 e. The smallest absolute Gasteiger partial charge is 0.124 e. The molecule has 0 saturated carbocycles. The van der Waals surface area contributed by atoms with E-state index in [4.69, 9.17) is 0 Å². The molecular weight excluding hydrogens is 183 g/mol. The maximum absolute atomic E-state index is 12.7. The van der Waals surface area contributed by atoms with Crippen LogP contribution in [0, 0.1) is 12.7 Å². The molecule has 0 unspecified atom stereocenters. The molecule has 0 saturated heterocycles. The Kier molecular flexibility index (Phi) is 3.43. The van der Waals surface area contributed by atoms with Gasteiger partial charge in [0, 0.05) is 4.70 Å². The van der Waals surface area contributed by atoms with E-state index in [1.165, 1.54) is 11.6 Å². The van der Waals surface area contributed by atoms with Gasteiger partial charge in [0.15, 0.2) is 0 Å². The van der Waals surface area contributed by atoms with E-state index < -0.39 is 0 Å². The second-order valence-corrected chi connectivity index (χ2v) is 3.47. The summed E-state index contributed by atoms with van der Waals surface area (Å²) in [5, 5.41) is 3.21. The molecule has 0 aliphatic rings. The van der Waals surface area contributed by atoms with Gasteiger partial charge in [-0.3, -0.25) is 0 Å². The highest BCUT2D eigenvalue weighted by molar-refractivity contribution is 7.17. The molecule has 2 rings (SSSR count). The third-order valence-corrected chi connectivity index (χ3v) is 2.79. The molecule has 0 bridgehead atoms. The van der Waals surface area contributed by atoms with Crippen LogP contribution >= 0.6 is 11.3 Å². The van der Waals surface area contributed by atoms with Gasteiger partial charge < -0.3 is 0 Å². The Morgan fingerprint density at radius 1 is 1.23 bits per heavy atom. The van der Waals surface area contributed by atoms with Crippen LogP contribution in [0.4, 0.5) is 4.39 Å². The van der Waals surface area contributed by atoms with Crippen LogP contribution < -0.4 is 0 Å². The van der Waals surface area contributed by atoms with Crippen LogP contribution in [0.1, 0.15) is 19.4 Å². The summed E-state index contributed by atoms with van der Waals surface area (Å²) in [7, 11) is 0. The molecule has 0 N–H and O–H groups in total. The zero-order chi connectivity index (χ0) is 9.84. The number of hydrogen-bond donors (Lipinski definition) is 0. The average Bonchev–Trinajstić information content (AvgIpc) is 2.51. The maximum Gasteiger partial charge on any atom is 0.124 e. The molecule has 0 fully saturated rings. The molecule has 0 spiro atoms. The Bertz CT molecular complexity index is 390. The van der Waals surface area contributed by atoms with Crippen molar-refractivity contribution in [2.24, 2.45) is 0 Å². The van der Waals surface area contributed by atoms with Gasteiger partial charge in [-0.15, -0.1) is 11.3 Å². The first-order chi connectivity index (χ1) is 6.27. The molecular formula is C11H13FS. The fourth-order valence-electron chi connectivity index (χ4n) is 1.13. The van der Waals surface area contributed by atoms with E-state index in [0.717, 1.165) is 10.1 Å². The summed E-state index contributed by atoms with van der Waals surface area (Å²) >= 11 is 1.59. The van der Waals surface area contributed by atoms with Crippen molar-refractivity contribution < 1.29 is 4.39 Å². The minimum absolute atomic E-state index is 0.153. The molecule has 2 aromatic rings. The summed E-state index contributed by atoms with van der Waals surface area (Å²) in [5.74, 6) is -0.153. The number of thiophene rings is 1. The van der Waals surface area contributed by atoms with Crippen molar-refractivity contribution in [3.05, 3.63) is 35.0 Å². The van der Waals surface area contributed by atoms with E-state index in [1.807, 2.05) is 32.2 Å². The first kappa shape index (κ1) is 10.2. The van der Waals surface area contributed by atoms with Gasteiger partial charge in [0.25, 0.3) is 0 Å². The van der Waals surface area contributed by atoms with Gasteiger partial charge in [0.1, 0.15) is 5.82 Å². The topological polar surface area (TPSA) is 0 Å². The first-order valence-corrected chi connectivity index (χ1v) is 5.29. The zero-order valence-corrected chi connectivity index (χ0v) is 8.91. The first-order valence-electron chi connectivity index (χ1n) is 4.41. The van der Waals surface area contributed by atoms with Crippen molar-refractivity contribution in [3.63, 3.8) is 0 Å². The zero-order valence-electron chi connectivity index (χ0n) is 8.10. The lowest BCUT2D eigenvalue weighted by Crippen LogP contribution is -1.71. The van der Waals surface area contributed by atoms with Gasteiger partial charge in [-0.2, -0.15) is 0 Å². The highest BCUT2D eigenvalue weighted by Gasteiger charge is 1.99. The standard InChI is InChI=1S/C9H7FS.C2H6/c1-6-5-11-9-4-7(10)2-3-8(6)9;1-2/h2-5H,1H3;1-2H3. The third kappa shape index (κ3) is 2.07. The van der Waals surface area contributed by atoms with Gasteiger partial charge >= 0.3 is 0 Å². The largest absolute Gasteiger partial charge is 0.207 e. The number of halogens is 1. The van der Waals surface area contributed by atoms with Gasteiger partial charge in [-0.25, -0.2) is 4.39 Å². The summed E-state index contributed by atoms with van der Waals surface area (Å²) in [6, 6.07) is 4.91. The predicted molar refractivity (Wildman–Crippen MR) is 57.9 cm³/mol. The van der Waals surface area contributed by atoms with Crippen molar-refractivity contribution in [1.29, 1.82) is 0 Å². The van der Waals surface area contributed by atoms with E-state index >= 15 is 0 Å². The minimum atomic E-state index is -0.153. The molecule has 13 heavy (non-hydrogen) atoms. The summed E-state index contributed by atoms with van der Waals surface area (Å²) in [6.07, 6.45) is 0. The second-order valence-electron chi connectivity index (χ2n) is 2.56. The lowest BCUT2D eigenvalue weighted by atomic mass is 10.2. The third-order valence-electron chi connectivity index (χ3n) is 1.73. The predicted octanol–water partition coefficient (Wildman–Crippen LogP) is 4.38. The summed E-state index contributed by atoms with van der Waals surface area (Å²) in [5.41, 5.74) is 1.23. The van der Waals surface area contributed by atoms with Crippen molar-refractivity contribution in [1.82, 2.24) is 0 Å². The highest BCUT2D eigenvalue weighted by Crippen LogP contribution is 2.25. The van der Waals surface area contributed by atoms with Gasteiger partial charge in [-0.05, 0) is 35.4 Å². The van der Waals surface area contributed by atoms with Gasteiger partial charge in [0.2, 0.25) is 0 Å². The molecule has 0 aliphatic heterocycles. The summed E-state index contributed by atoms with van der Waals surface area (Å²) < 4.78 is 13.7. The lowest BCUT2D eigenvalue weighted by molar-refractivity contribution is 0.630. The molecule has 0 radical (unpaired) electrons. The summed E-state index contributed by atoms with van der Waals surface area (Å²) in [6.45, 7) is 6.04. The van der Waals surface area contributed by atoms with Crippen LogP contribution in [0.25, 0.3) is 10.1 Å². The number of aryl methyl sites for hydroxylation is 1. The van der Waals surface area contributed by atoms with Crippen LogP contribution in [-0.2, 0) is 0 Å². The van der Waals surface area contributed by atoms with E-state index in [9.17, 15) is 4.39 Å². The molecule has 0 nitrogen and oxygen atoms in total. The molecule has 1 heterocycles. The van der Waals surface area contributed by atoms with Crippen molar-refractivity contribution in [2.45, 2.75) is 20.8 Å². The summed E-state index contributed by atoms with van der Waals surface area (Å²) in [4.78, 5) is 0. The van der Waals surface area contributed by atoms with E-state index in [2.05, 4.69) is 0 Å². The Morgan fingerprint density at radius 3 is 2.62 bits per heavy atom. The molecule has 0 amide bonds. The van der Waals surface area contributed by atoms with Gasteiger partial charge in [0.05, 0.1) is 0 Å². The number of fused-ring (bicyclic) bond motifs is 1. The van der Waals surface area contributed by atoms with Crippen molar-refractivity contribution >= 4 is 21.4 Å². The van der Waals surface area contributed by atoms with Crippen LogP contribution in [0.15, 0.2) is 23.6 Å². The lowest BCUT2D eigenvalue weighted by Gasteiger charge is -1.89. The maximum atomic E-state index is 12.7. The normalized spacial score (nSPS) is 9.54. The monoisotopic (exact) mass is 196 g/mol. The van der Waals surface area contributed by atoms with E-state index in [-0.39, 0.29) is 5.82 Å². The van der Waals surface area contributed by atoms with Crippen molar-refractivity contribution in [3.8, 4) is 0 Å². The molecule has 0 atom stereocenters. The Hall–Kier alpha value is -0.890. The fraction of sp³-hybridized carbons (Fsp3) is 0.273. The highest BCUT2D eigenvalue weighted by atomic mass is 32.1. The van der Waals surface area contributed by atoms with Crippen LogP contribution in [0.2, 0.25) is 0 Å². The van der Waals surface area contributed by atoms with Crippen LogP contribution in [-0.4, -0.2) is 0 Å². The number of rotatable bonds is 0. The number of hydrogen-bond acceptors (Lipinski definition) is 1. The molecule has 1 aromatic heterocycles. The van der Waals surface area contributed by atoms with Crippen molar-refractivity contribution in [2.75, 3.05) is 0 Å². The van der Waals surface area contributed by atoms with Gasteiger partial charge in [-0.1, -0.05) is 19.9 Å². The van der Waals surface area contributed by atoms with E-state index in [0.29, 0.717) is 0 Å². The quantitative estimate of drug-likeness (QED) is 0.586. The second kappa shape index (κ2) is 4.38. The van der Waals surface area contributed by atoms with Crippen LogP contribution in [0.3, 0.4) is 0 Å². The Labute approximate surface area is 82.0 Å².